The Morgan fingerprint density at radius 3 is 1.10 bits per heavy atom. The van der Waals surface area contributed by atoms with Crippen LogP contribution in [-0.2, 0) is 10.8 Å². The van der Waals surface area contributed by atoms with Crippen LogP contribution in [0.15, 0.2) is 44.0 Å². The second kappa shape index (κ2) is 16.8. The van der Waals surface area contributed by atoms with Crippen LogP contribution in [0.25, 0.3) is 41.1 Å². The largest absolute Gasteiger partial charge is 0.135 e. The third kappa shape index (κ3) is 7.16. The quantitative estimate of drug-likeness (QED) is 0.0684. The Morgan fingerprint density at radius 1 is 0.412 bits per heavy atom. The Morgan fingerprint density at radius 2 is 0.765 bits per heavy atom. The SMILES string of the molecule is CCCCCCC1(CCCCCC)c2cc3c(cc2-c2sc(Br)cc21)sc1cc2c(cc13)C(CCCCCC)(CCCCCC)c1cc(Br)sc1-2. The van der Waals surface area contributed by atoms with Crippen LogP contribution in [0.3, 0.4) is 0 Å². The third-order valence-corrected chi connectivity index (χ3v) is 17.0. The molecule has 0 spiro atoms. The molecule has 0 aliphatic heterocycles. The predicted molar refractivity (Wildman–Crippen MR) is 238 cm³/mol. The summed E-state index contributed by atoms with van der Waals surface area (Å²) in [7, 11) is 0. The molecule has 0 fully saturated rings. The van der Waals surface area contributed by atoms with Crippen LogP contribution >= 0.6 is 65.9 Å². The van der Waals surface area contributed by atoms with Gasteiger partial charge in [0.05, 0.1) is 7.57 Å². The molecule has 3 aromatic heterocycles. The predicted octanol–water partition coefficient (Wildman–Crippen LogP) is 18.1. The molecule has 2 aromatic carbocycles. The lowest BCUT2D eigenvalue weighted by molar-refractivity contribution is 0.401. The van der Waals surface area contributed by atoms with Crippen molar-refractivity contribution in [1.29, 1.82) is 0 Å². The van der Waals surface area contributed by atoms with Crippen LogP contribution < -0.4 is 0 Å². The van der Waals surface area contributed by atoms with E-state index in [0.29, 0.717) is 0 Å². The Balaban J connectivity index is 1.38. The Bertz CT molecular complexity index is 1790. The summed E-state index contributed by atoms with van der Waals surface area (Å²) in [6.45, 7) is 9.38. The lowest BCUT2D eigenvalue weighted by Gasteiger charge is -2.33. The summed E-state index contributed by atoms with van der Waals surface area (Å²) < 4.78 is 5.54. The van der Waals surface area contributed by atoms with Crippen molar-refractivity contribution in [3.8, 4) is 20.9 Å². The maximum atomic E-state index is 3.95. The van der Waals surface area contributed by atoms with Gasteiger partial charge in [-0.15, -0.1) is 34.0 Å². The van der Waals surface area contributed by atoms with Gasteiger partial charge in [-0.1, -0.05) is 130 Å². The van der Waals surface area contributed by atoms with Gasteiger partial charge in [-0.3, -0.25) is 0 Å². The molecule has 2 aliphatic carbocycles. The molecule has 0 atom stereocenters. The van der Waals surface area contributed by atoms with Crippen molar-refractivity contribution in [2.24, 2.45) is 0 Å². The van der Waals surface area contributed by atoms with E-state index in [1.807, 2.05) is 34.0 Å². The molecule has 274 valence electrons. The summed E-state index contributed by atoms with van der Waals surface area (Å²) in [6.07, 6.45) is 26.3. The number of thiophene rings is 3. The van der Waals surface area contributed by atoms with Gasteiger partial charge in [0, 0.05) is 40.8 Å². The average molecular weight is 867 g/mol. The normalized spacial score (nSPS) is 15.2. The fourth-order valence-electron chi connectivity index (χ4n) is 9.90. The lowest BCUT2D eigenvalue weighted by Crippen LogP contribution is -2.25. The zero-order valence-electron chi connectivity index (χ0n) is 31.6. The fourth-order valence-corrected chi connectivity index (χ4v) is 14.5. The zero-order chi connectivity index (χ0) is 35.6. The molecule has 5 aromatic rings. The van der Waals surface area contributed by atoms with Gasteiger partial charge < -0.3 is 0 Å². The highest BCUT2D eigenvalue weighted by Crippen LogP contribution is 2.62. The van der Waals surface area contributed by atoms with Gasteiger partial charge in [-0.05, 0) is 127 Å². The number of hydrogen-bond donors (Lipinski definition) is 0. The molecule has 0 amide bonds. The summed E-state index contributed by atoms with van der Waals surface area (Å²) in [4.78, 5) is 3.08. The Labute approximate surface area is 337 Å². The molecule has 2 aliphatic rings. The number of fused-ring (bicyclic) bond motifs is 9. The molecule has 0 nitrogen and oxygen atoms in total. The number of halogens is 2. The molecular weight excluding hydrogens is 809 g/mol. The first-order valence-electron chi connectivity index (χ1n) is 20.6. The van der Waals surface area contributed by atoms with E-state index in [-0.39, 0.29) is 10.8 Å². The summed E-state index contributed by atoms with van der Waals surface area (Å²) in [5.41, 5.74) is 9.86. The van der Waals surface area contributed by atoms with Gasteiger partial charge in [-0.25, -0.2) is 0 Å². The van der Waals surface area contributed by atoms with Gasteiger partial charge in [0.1, 0.15) is 0 Å². The lowest BCUT2D eigenvalue weighted by atomic mass is 9.70. The van der Waals surface area contributed by atoms with Crippen molar-refractivity contribution in [2.45, 2.75) is 167 Å². The first kappa shape index (κ1) is 38.3. The number of benzene rings is 2. The molecule has 51 heavy (non-hydrogen) atoms. The molecule has 0 saturated carbocycles. The highest BCUT2D eigenvalue weighted by molar-refractivity contribution is 9.11. The van der Waals surface area contributed by atoms with Gasteiger partial charge in [0.25, 0.3) is 0 Å². The number of unbranched alkanes of at least 4 members (excludes halogenated alkanes) is 12. The summed E-state index contributed by atoms with van der Waals surface area (Å²) in [6, 6.07) is 15.7. The molecular formula is C46H58Br2S3. The topological polar surface area (TPSA) is 0 Å². The van der Waals surface area contributed by atoms with Crippen LogP contribution in [0.2, 0.25) is 0 Å². The molecule has 0 N–H and O–H groups in total. The molecule has 0 saturated heterocycles. The highest BCUT2D eigenvalue weighted by atomic mass is 79.9. The van der Waals surface area contributed by atoms with E-state index in [2.05, 4.69) is 96.0 Å². The van der Waals surface area contributed by atoms with Crippen molar-refractivity contribution in [2.75, 3.05) is 0 Å². The molecule has 3 heterocycles. The van der Waals surface area contributed by atoms with Gasteiger partial charge in [0.2, 0.25) is 0 Å². The van der Waals surface area contributed by atoms with E-state index in [4.69, 9.17) is 0 Å². The molecule has 0 bridgehead atoms. The molecule has 7 rings (SSSR count). The molecule has 0 radical (unpaired) electrons. The molecule has 5 heteroatoms. The van der Waals surface area contributed by atoms with E-state index in [9.17, 15) is 0 Å². The minimum absolute atomic E-state index is 0.132. The van der Waals surface area contributed by atoms with E-state index < -0.39 is 0 Å². The fraction of sp³-hybridized carbons (Fsp3) is 0.565. The van der Waals surface area contributed by atoms with Crippen molar-refractivity contribution in [3.63, 3.8) is 0 Å². The van der Waals surface area contributed by atoms with Gasteiger partial charge in [-0.2, -0.15) is 0 Å². The van der Waals surface area contributed by atoms with Gasteiger partial charge in [0.15, 0.2) is 0 Å². The van der Waals surface area contributed by atoms with Crippen LogP contribution in [0, 0.1) is 0 Å². The summed E-state index contributed by atoms with van der Waals surface area (Å²) >= 11 is 13.9. The summed E-state index contributed by atoms with van der Waals surface area (Å²) in [5.74, 6) is 0. The van der Waals surface area contributed by atoms with E-state index >= 15 is 0 Å². The zero-order valence-corrected chi connectivity index (χ0v) is 37.2. The molecule has 0 unspecified atom stereocenters. The first-order valence-corrected chi connectivity index (χ1v) is 24.6. The minimum atomic E-state index is 0.132. The van der Waals surface area contributed by atoms with Crippen LogP contribution in [-0.4, -0.2) is 0 Å². The van der Waals surface area contributed by atoms with Gasteiger partial charge >= 0.3 is 0 Å². The van der Waals surface area contributed by atoms with Crippen molar-refractivity contribution >= 4 is 86.0 Å². The monoisotopic (exact) mass is 864 g/mol. The Hall–Kier alpha value is -0.980. The smallest absolute Gasteiger partial charge is 0.0708 e. The Kier molecular flexibility index (Phi) is 12.6. The van der Waals surface area contributed by atoms with Crippen LogP contribution in [0.4, 0.5) is 0 Å². The first-order chi connectivity index (χ1) is 24.9. The number of hydrogen-bond acceptors (Lipinski definition) is 3. The second-order valence-corrected chi connectivity index (χ2v) is 21.8. The van der Waals surface area contributed by atoms with Crippen molar-refractivity contribution in [1.82, 2.24) is 0 Å². The third-order valence-electron chi connectivity index (χ3n) is 12.5. The van der Waals surface area contributed by atoms with E-state index in [1.54, 1.807) is 22.3 Å². The number of rotatable bonds is 20. The minimum Gasteiger partial charge on any atom is -0.135 e. The van der Waals surface area contributed by atoms with Crippen LogP contribution in [0.5, 0.6) is 0 Å². The van der Waals surface area contributed by atoms with Crippen LogP contribution in [0.1, 0.15) is 178 Å². The van der Waals surface area contributed by atoms with E-state index in [1.165, 1.54) is 177 Å². The van der Waals surface area contributed by atoms with E-state index in [0.717, 1.165) is 0 Å². The maximum absolute atomic E-state index is 3.95. The summed E-state index contributed by atoms with van der Waals surface area (Å²) in [5, 5.41) is 3.03. The van der Waals surface area contributed by atoms with Crippen molar-refractivity contribution in [3.05, 3.63) is 66.2 Å². The highest BCUT2D eigenvalue weighted by Gasteiger charge is 2.46. The van der Waals surface area contributed by atoms with Crippen molar-refractivity contribution < 1.29 is 0 Å². The average Bonchev–Trinajstić information content (AvgIpc) is 3.90. The standard InChI is InChI=1S/C46H58Br2S3/c1-5-9-13-17-21-45(22-18-14-10-6-2)35-25-31-32-26-36-34(28-40(32)49-39(31)27-33(35)43-37(45)29-41(47)50-43)44-38(30-42(48)51-44)46(36,23-19-15-11-7-3)24-20-16-12-8-4/h25-30H,5-24H2,1-4H3. The maximum Gasteiger partial charge on any atom is 0.0708 e. The second-order valence-electron chi connectivity index (χ2n) is 15.9.